The Balaban J connectivity index is 2.42. The van der Waals surface area contributed by atoms with Gasteiger partial charge in [0.15, 0.2) is 0 Å². The van der Waals surface area contributed by atoms with Crippen LogP contribution in [0.3, 0.4) is 0 Å². The Hall–Kier alpha value is -2.61. The number of ether oxygens (including phenoxy) is 2. The third-order valence-electron chi connectivity index (χ3n) is 2.69. The van der Waals surface area contributed by atoms with E-state index in [1.165, 1.54) is 19.2 Å². The highest BCUT2D eigenvalue weighted by molar-refractivity contribution is 5.75. The van der Waals surface area contributed by atoms with Crippen LogP contribution in [0.5, 0.6) is 5.75 Å². The Morgan fingerprint density at radius 2 is 2.09 bits per heavy atom. The van der Waals surface area contributed by atoms with Gasteiger partial charge in [0.1, 0.15) is 11.8 Å². The van der Waals surface area contributed by atoms with E-state index >= 15 is 0 Å². The fourth-order valence-electron chi connectivity index (χ4n) is 1.64. The number of aliphatic carboxylic acids is 1. The molecule has 0 aliphatic heterocycles. The predicted octanol–water partition coefficient (Wildman–Crippen LogP) is 0.292. The van der Waals surface area contributed by atoms with Crippen molar-refractivity contribution < 1.29 is 29.0 Å². The quantitative estimate of drug-likeness (QED) is 0.617. The minimum atomic E-state index is -0.974. The number of nitrogens with two attached hydrogens (primary N) is 1. The fraction of sp³-hybridized carbons (Fsp3) is 0.357. The minimum absolute atomic E-state index is 0.143. The molecule has 0 unspecified atom stereocenters. The van der Waals surface area contributed by atoms with E-state index in [1.807, 2.05) is 0 Å². The van der Waals surface area contributed by atoms with Gasteiger partial charge >= 0.3 is 18.0 Å². The normalized spacial score (nSPS) is 11.4. The smallest absolute Gasteiger partial charge is 0.412 e. The Morgan fingerprint density at radius 3 is 2.73 bits per heavy atom. The van der Waals surface area contributed by atoms with Crippen molar-refractivity contribution >= 4 is 18.0 Å². The molecule has 120 valence electrons. The van der Waals surface area contributed by atoms with Gasteiger partial charge in [-0.25, -0.2) is 4.79 Å². The number of carboxylic acids is 1. The lowest BCUT2D eigenvalue weighted by atomic mass is 10.1. The summed E-state index contributed by atoms with van der Waals surface area (Å²) in [6.45, 7) is 0.143. The molecule has 1 amide bonds. The first-order valence-corrected chi connectivity index (χ1v) is 6.52. The summed E-state index contributed by atoms with van der Waals surface area (Å²) >= 11 is 0. The van der Waals surface area contributed by atoms with Gasteiger partial charge in [0, 0.05) is 6.54 Å². The molecule has 8 nitrogen and oxygen atoms in total. The van der Waals surface area contributed by atoms with Crippen molar-refractivity contribution in [2.75, 3.05) is 13.7 Å². The van der Waals surface area contributed by atoms with Crippen LogP contribution in [0.25, 0.3) is 0 Å². The molecule has 22 heavy (non-hydrogen) atoms. The highest BCUT2D eigenvalue weighted by atomic mass is 16.6. The van der Waals surface area contributed by atoms with Crippen LogP contribution in [0.2, 0.25) is 0 Å². The van der Waals surface area contributed by atoms with Gasteiger partial charge in [-0.05, 0) is 24.1 Å². The maximum atomic E-state index is 11.6. The number of nitrogens with one attached hydrogen (secondary N) is 1. The third-order valence-corrected chi connectivity index (χ3v) is 2.69. The van der Waals surface area contributed by atoms with Crippen LogP contribution in [-0.2, 0) is 20.7 Å². The molecule has 0 bridgehead atoms. The number of benzene rings is 1. The maximum absolute atomic E-state index is 11.6. The molecular weight excluding hydrogens is 292 g/mol. The van der Waals surface area contributed by atoms with Crippen molar-refractivity contribution in [2.24, 2.45) is 5.73 Å². The lowest BCUT2D eigenvalue weighted by molar-refractivity contribution is -0.142. The number of hydrogen-bond donors (Lipinski definition) is 3. The molecule has 1 rings (SSSR count). The Morgan fingerprint density at radius 1 is 1.36 bits per heavy atom. The third kappa shape index (κ3) is 6.23. The second-order valence-corrected chi connectivity index (χ2v) is 4.45. The highest BCUT2D eigenvalue weighted by Crippen LogP contribution is 2.14. The summed E-state index contributed by atoms with van der Waals surface area (Å²) in [5, 5.41) is 11.1. The Labute approximate surface area is 127 Å². The predicted molar refractivity (Wildman–Crippen MR) is 76.4 cm³/mol. The molecule has 1 aromatic rings. The van der Waals surface area contributed by atoms with E-state index < -0.39 is 24.1 Å². The first-order chi connectivity index (χ1) is 10.4. The van der Waals surface area contributed by atoms with E-state index in [9.17, 15) is 14.4 Å². The number of methoxy groups -OCH3 is 1. The van der Waals surface area contributed by atoms with Crippen molar-refractivity contribution in [3.63, 3.8) is 0 Å². The zero-order valence-corrected chi connectivity index (χ0v) is 12.1. The first-order valence-electron chi connectivity index (χ1n) is 6.52. The van der Waals surface area contributed by atoms with Gasteiger partial charge in [0.05, 0.1) is 13.5 Å². The summed E-state index contributed by atoms with van der Waals surface area (Å²) < 4.78 is 9.46. The fourth-order valence-corrected chi connectivity index (χ4v) is 1.64. The summed E-state index contributed by atoms with van der Waals surface area (Å²) in [4.78, 5) is 33.2. The van der Waals surface area contributed by atoms with Crippen LogP contribution in [0, 0.1) is 0 Å². The molecule has 0 saturated carbocycles. The molecule has 0 radical (unpaired) electrons. The van der Waals surface area contributed by atoms with Crippen LogP contribution in [-0.4, -0.2) is 42.8 Å². The Bertz CT molecular complexity index is 546. The monoisotopic (exact) mass is 310 g/mol. The molecule has 1 aromatic carbocycles. The first kappa shape index (κ1) is 17.4. The van der Waals surface area contributed by atoms with Crippen molar-refractivity contribution in [1.29, 1.82) is 0 Å². The number of carbonyl (C=O) groups excluding carboxylic acids is 2. The van der Waals surface area contributed by atoms with Gasteiger partial charge in [-0.15, -0.1) is 0 Å². The van der Waals surface area contributed by atoms with E-state index in [0.717, 1.165) is 0 Å². The second kappa shape index (κ2) is 8.63. The van der Waals surface area contributed by atoms with E-state index in [2.05, 4.69) is 10.1 Å². The number of esters is 1. The lowest BCUT2D eigenvalue weighted by Crippen LogP contribution is -2.37. The number of rotatable bonds is 7. The van der Waals surface area contributed by atoms with E-state index in [4.69, 9.17) is 15.6 Å². The summed E-state index contributed by atoms with van der Waals surface area (Å²) in [6.07, 6.45) is -0.669. The summed E-state index contributed by atoms with van der Waals surface area (Å²) in [7, 11) is 1.23. The van der Waals surface area contributed by atoms with Gasteiger partial charge in [0.2, 0.25) is 0 Å². The van der Waals surface area contributed by atoms with Crippen LogP contribution in [0.15, 0.2) is 24.3 Å². The summed E-state index contributed by atoms with van der Waals surface area (Å²) in [5.74, 6) is -1.30. The molecule has 1 atom stereocenters. The second-order valence-electron chi connectivity index (χ2n) is 4.45. The van der Waals surface area contributed by atoms with Crippen molar-refractivity contribution in [1.82, 2.24) is 5.32 Å². The zero-order chi connectivity index (χ0) is 16.5. The molecule has 4 N–H and O–H groups in total. The molecule has 8 heteroatoms. The zero-order valence-electron chi connectivity index (χ0n) is 12.1. The number of amides is 1. The molecule has 0 spiro atoms. The van der Waals surface area contributed by atoms with Crippen LogP contribution in [0.4, 0.5) is 4.79 Å². The largest absolute Gasteiger partial charge is 0.481 e. The van der Waals surface area contributed by atoms with Gasteiger partial charge in [-0.2, -0.15) is 0 Å². The average Bonchev–Trinajstić information content (AvgIpc) is 2.45. The lowest BCUT2D eigenvalue weighted by Gasteiger charge is -2.10. The van der Waals surface area contributed by atoms with Crippen LogP contribution >= 0.6 is 0 Å². The highest BCUT2D eigenvalue weighted by Gasteiger charge is 2.14. The minimum Gasteiger partial charge on any atom is -0.481 e. The van der Waals surface area contributed by atoms with Crippen molar-refractivity contribution in [2.45, 2.75) is 18.9 Å². The maximum Gasteiger partial charge on any atom is 0.412 e. The molecule has 0 fully saturated rings. The van der Waals surface area contributed by atoms with Crippen molar-refractivity contribution in [3.8, 4) is 5.75 Å². The molecule has 0 aromatic heterocycles. The summed E-state index contributed by atoms with van der Waals surface area (Å²) in [5.41, 5.74) is 6.03. The van der Waals surface area contributed by atoms with E-state index in [1.54, 1.807) is 12.1 Å². The number of hydrogen-bond acceptors (Lipinski definition) is 6. The Kier molecular flexibility index (Phi) is 6.84. The number of carboxylic acid groups (broad SMARTS) is 1. The topological polar surface area (TPSA) is 128 Å². The molecule has 0 aliphatic rings. The van der Waals surface area contributed by atoms with E-state index in [-0.39, 0.29) is 25.1 Å². The van der Waals surface area contributed by atoms with Gasteiger partial charge < -0.3 is 25.6 Å². The average molecular weight is 310 g/mol. The van der Waals surface area contributed by atoms with Gasteiger partial charge in [0.25, 0.3) is 0 Å². The molecular formula is C14H18N2O6. The number of carbonyl (C=O) groups is 3. The summed E-state index contributed by atoms with van der Waals surface area (Å²) in [6, 6.07) is 5.39. The van der Waals surface area contributed by atoms with E-state index in [0.29, 0.717) is 5.56 Å². The molecule has 0 aliphatic carbocycles. The van der Waals surface area contributed by atoms with Crippen molar-refractivity contribution in [3.05, 3.63) is 29.8 Å². The van der Waals surface area contributed by atoms with Crippen LogP contribution < -0.4 is 15.8 Å². The van der Waals surface area contributed by atoms with Gasteiger partial charge in [-0.3, -0.25) is 9.59 Å². The van der Waals surface area contributed by atoms with Crippen LogP contribution in [0.1, 0.15) is 12.0 Å². The standard InChI is InChI=1S/C14H18N2O6/c1-21-13(19)11(15)5-6-16-14(20)22-10-4-2-3-9(7-10)8-12(17)18/h2-4,7,11H,5-6,8,15H2,1H3,(H,16,20)(H,17,18)/t11-/m0/s1. The molecule has 0 heterocycles. The SMILES string of the molecule is COC(=O)[C@@H](N)CCNC(=O)Oc1cccc(CC(=O)O)c1. The molecule has 0 saturated heterocycles. The van der Waals surface area contributed by atoms with Gasteiger partial charge in [-0.1, -0.05) is 12.1 Å².